The molecule has 0 aliphatic carbocycles. The van der Waals surface area contributed by atoms with Gasteiger partial charge in [-0.1, -0.05) is 29.9 Å². The Kier molecular flexibility index (Phi) is 8.42. The third kappa shape index (κ3) is 6.51. The standard InChI is InChI=1S/C22H26ClF3N6O2S/c1-11(20(28)34)19(27)18-13(22(24,25)26)9-17(31-21(18)35)32-7-5-12(6-8-32)29-10-15(33)14-3-2-4-16(23)30-14/h2-4,9,12,15,29,33H,5-8,10,27H2,1H3,(H2,28,34)(H,31,35)/b19-11-. The first-order valence-electron chi connectivity index (χ1n) is 10.8. The lowest BCUT2D eigenvalue weighted by Crippen LogP contribution is -2.44. The number of halogens is 4. The zero-order valence-corrected chi connectivity index (χ0v) is 20.4. The van der Waals surface area contributed by atoms with E-state index in [1.807, 2.05) is 0 Å². The van der Waals surface area contributed by atoms with E-state index in [-0.39, 0.29) is 28.6 Å². The Morgan fingerprint density at radius 1 is 1.37 bits per heavy atom. The summed E-state index contributed by atoms with van der Waals surface area (Å²) in [5.41, 5.74) is 9.36. The highest BCUT2D eigenvalue weighted by atomic mass is 35.5. The van der Waals surface area contributed by atoms with E-state index in [2.05, 4.69) is 15.3 Å². The minimum atomic E-state index is -4.75. The molecule has 1 fully saturated rings. The van der Waals surface area contributed by atoms with Crippen molar-refractivity contribution in [3.8, 4) is 0 Å². The molecule has 1 saturated heterocycles. The first-order chi connectivity index (χ1) is 16.4. The summed E-state index contributed by atoms with van der Waals surface area (Å²) in [7, 11) is 0. The van der Waals surface area contributed by atoms with Crippen molar-refractivity contribution < 1.29 is 23.1 Å². The molecule has 0 spiro atoms. The van der Waals surface area contributed by atoms with E-state index < -0.39 is 35.0 Å². The van der Waals surface area contributed by atoms with Crippen LogP contribution in [0.3, 0.4) is 0 Å². The Morgan fingerprint density at radius 3 is 2.60 bits per heavy atom. The summed E-state index contributed by atoms with van der Waals surface area (Å²) < 4.78 is 41.4. The predicted octanol–water partition coefficient (Wildman–Crippen LogP) is 3.28. The molecule has 0 saturated carbocycles. The Bertz CT molecular complexity index is 1180. The number of piperidine rings is 1. The summed E-state index contributed by atoms with van der Waals surface area (Å²) >= 11 is 11.1. The number of alkyl halides is 3. The normalized spacial score (nSPS) is 16.7. The summed E-state index contributed by atoms with van der Waals surface area (Å²) in [5.74, 6) is -0.725. The molecule has 1 unspecified atom stereocenters. The largest absolute Gasteiger partial charge is 0.417 e. The summed E-state index contributed by atoms with van der Waals surface area (Å²) in [6.45, 7) is 2.42. The van der Waals surface area contributed by atoms with Crippen LogP contribution in [0.4, 0.5) is 19.0 Å². The van der Waals surface area contributed by atoms with Gasteiger partial charge in [-0.2, -0.15) is 13.2 Å². The Labute approximate surface area is 210 Å². The zero-order valence-electron chi connectivity index (χ0n) is 18.8. The molecule has 35 heavy (non-hydrogen) atoms. The van der Waals surface area contributed by atoms with E-state index in [0.717, 1.165) is 6.07 Å². The molecule has 2 aromatic heterocycles. The summed E-state index contributed by atoms with van der Waals surface area (Å²) in [4.78, 5) is 20.1. The van der Waals surface area contributed by atoms with Crippen LogP contribution < -0.4 is 21.7 Å². The van der Waals surface area contributed by atoms with Crippen LogP contribution in [-0.4, -0.2) is 46.7 Å². The van der Waals surface area contributed by atoms with Crippen molar-refractivity contribution >= 4 is 41.2 Å². The SMILES string of the molecule is C/C(C(N)=O)=C(/N)c1c(C(F)(F)F)cc(N2CCC(NCC(O)c3cccc(Cl)n3)CC2)[nH]c1=S. The van der Waals surface area contributed by atoms with Crippen molar-refractivity contribution in [3.05, 3.63) is 56.5 Å². The number of aromatic amines is 1. The number of nitrogens with two attached hydrogens (primary N) is 2. The number of primary amides is 1. The first-order valence-corrected chi connectivity index (χ1v) is 11.6. The molecule has 1 amide bonds. The molecular weight excluding hydrogens is 505 g/mol. The lowest BCUT2D eigenvalue weighted by Gasteiger charge is -2.34. The van der Waals surface area contributed by atoms with Gasteiger partial charge >= 0.3 is 6.18 Å². The second-order valence-corrected chi connectivity index (χ2v) is 9.04. The van der Waals surface area contributed by atoms with E-state index in [1.165, 1.54) is 6.92 Å². The van der Waals surface area contributed by atoms with Gasteiger partial charge < -0.3 is 31.8 Å². The quantitative estimate of drug-likeness (QED) is 0.211. The maximum atomic E-state index is 13.9. The zero-order chi connectivity index (χ0) is 25.9. The van der Waals surface area contributed by atoms with Gasteiger partial charge in [-0.05, 0) is 38.0 Å². The van der Waals surface area contributed by atoms with Gasteiger partial charge in [-0.25, -0.2) is 4.98 Å². The minimum Gasteiger partial charge on any atom is -0.398 e. The number of H-pyrrole nitrogens is 1. The second-order valence-electron chi connectivity index (χ2n) is 8.24. The van der Waals surface area contributed by atoms with E-state index in [0.29, 0.717) is 36.8 Å². The van der Waals surface area contributed by atoms with Crippen LogP contribution in [0.25, 0.3) is 5.70 Å². The molecule has 190 valence electrons. The van der Waals surface area contributed by atoms with Gasteiger partial charge in [0.25, 0.3) is 0 Å². The van der Waals surface area contributed by atoms with E-state index in [9.17, 15) is 23.1 Å². The Morgan fingerprint density at radius 2 is 2.03 bits per heavy atom. The average Bonchev–Trinajstić information content (AvgIpc) is 2.80. The van der Waals surface area contributed by atoms with Crippen LogP contribution in [0, 0.1) is 4.64 Å². The fourth-order valence-corrected chi connectivity index (χ4v) is 4.34. The molecule has 3 rings (SSSR count). The first kappa shape index (κ1) is 26.9. The number of rotatable bonds is 7. The molecule has 2 aromatic rings. The lowest BCUT2D eigenvalue weighted by molar-refractivity contribution is -0.137. The molecule has 0 bridgehead atoms. The number of hydrogen-bond acceptors (Lipinski definition) is 7. The fourth-order valence-electron chi connectivity index (χ4n) is 3.84. The number of pyridine rings is 2. The molecule has 8 nitrogen and oxygen atoms in total. The monoisotopic (exact) mass is 530 g/mol. The summed E-state index contributed by atoms with van der Waals surface area (Å²) in [6.07, 6.45) is -4.34. The molecule has 1 aliphatic rings. The minimum absolute atomic E-state index is 0.0567. The number of anilines is 1. The molecule has 0 aromatic carbocycles. The van der Waals surface area contributed by atoms with Gasteiger partial charge in [-0.3, -0.25) is 4.79 Å². The molecule has 1 atom stereocenters. The number of aliphatic hydroxyl groups is 1. The number of carbonyl (C=O) groups is 1. The van der Waals surface area contributed by atoms with Crippen LogP contribution in [0.1, 0.15) is 42.7 Å². The van der Waals surface area contributed by atoms with Crippen molar-refractivity contribution in [2.75, 3.05) is 24.5 Å². The highest BCUT2D eigenvalue weighted by molar-refractivity contribution is 7.71. The highest BCUT2D eigenvalue weighted by Crippen LogP contribution is 2.37. The molecular formula is C22H26ClF3N6O2S. The number of aliphatic hydroxyl groups excluding tert-OH is 1. The van der Waals surface area contributed by atoms with Crippen molar-refractivity contribution in [2.45, 2.75) is 38.1 Å². The van der Waals surface area contributed by atoms with Crippen LogP contribution in [0.15, 0.2) is 29.8 Å². The van der Waals surface area contributed by atoms with Crippen LogP contribution in [-0.2, 0) is 11.0 Å². The fraction of sp³-hybridized carbons (Fsp3) is 0.409. The predicted molar refractivity (Wildman–Crippen MR) is 130 cm³/mol. The lowest BCUT2D eigenvalue weighted by atomic mass is 10.0. The molecule has 1 aliphatic heterocycles. The smallest absolute Gasteiger partial charge is 0.398 e. The molecule has 0 radical (unpaired) electrons. The van der Waals surface area contributed by atoms with Gasteiger partial charge in [0.1, 0.15) is 21.7 Å². The summed E-state index contributed by atoms with van der Waals surface area (Å²) in [6, 6.07) is 6.01. The summed E-state index contributed by atoms with van der Waals surface area (Å²) in [5, 5.41) is 13.9. The van der Waals surface area contributed by atoms with E-state index >= 15 is 0 Å². The van der Waals surface area contributed by atoms with Gasteiger partial charge in [0.05, 0.1) is 17.0 Å². The highest BCUT2D eigenvalue weighted by Gasteiger charge is 2.36. The third-order valence-corrected chi connectivity index (χ3v) is 6.40. The van der Waals surface area contributed by atoms with Crippen LogP contribution >= 0.6 is 23.8 Å². The van der Waals surface area contributed by atoms with Gasteiger partial charge in [-0.15, -0.1) is 0 Å². The molecule has 7 N–H and O–H groups in total. The van der Waals surface area contributed by atoms with Crippen molar-refractivity contribution in [3.63, 3.8) is 0 Å². The van der Waals surface area contributed by atoms with Crippen molar-refractivity contribution in [1.29, 1.82) is 0 Å². The number of hydrogen-bond donors (Lipinski definition) is 5. The van der Waals surface area contributed by atoms with E-state index in [1.54, 1.807) is 23.1 Å². The number of nitrogens with one attached hydrogen (secondary N) is 2. The Balaban J connectivity index is 1.73. The number of nitrogens with zero attached hydrogens (tertiary/aromatic N) is 2. The molecule has 13 heteroatoms. The van der Waals surface area contributed by atoms with Crippen molar-refractivity contribution in [1.82, 2.24) is 15.3 Å². The number of amides is 1. The number of carbonyl (C=O) groups excluding carboxylic acids is 1. The van der Waals surface area contributed by atoms with Gasteiger partial charge in [0.2, 0.25) is 5.91 Å². The number of aromatic nitrogens is 2. The molecule has 3 heterocycles. The van der Waals surface area contributed by atoms with Crippen LogP contribution in [0.2, 0.25) is 5.15 Å². The Hall–Kier alpha value is -2.67. The second kappa shape index (κ2) is 10.9. The maximum Gasteiger partial charge on any atom is 0.417 e. The van der Waals surface area contributed by atoms with Crippen molar-refractivity contribution in [2.24, 2.45) is 11.5 Å². The maximum absolute atomic E-state index is 13.9. The van der Waals surface area contributed by atoms with Gasteiger partial charge in [0, 0.05) is 36.8 Å². The average molecular weight is 531 g/mol. The topological polar surface area (TPSA) is 133 Å². The van der Waals surface area contributed by atoms with Crippen LogP contribution in [0.5, 0.6) is 0 Å². The van der Waals surface area contributed by atoms with E-state index in [4.69, 9.17) is 35.3 Å². The van der Waals surface area contributed by atoms with Gasteiger partial charge in [0.15, 0.2) is 0 Å². The third-order valence-electron chi connectivity index (χ3n) is 5.88.